The number of ether oxygens (including phenoxy) is 1. The molecule has 1 aromatic heterocycles. The van der Waals surface area contributed by atoms with Gasteiger partial charge in [-0.2, -0.15) is 0 Å². The number of nitrogens with zero attached hydrogens (tertiary/aromatic N) is 1. The lowest BCUT2D eigenvalue weighted by Gasteiger charge is -2.31. The summed E-state index contributed by atoms with van der Waals surface area (Å²) >= 11 is 0. The van der Waals surface area contributed by atoms with Gasteiger partial charge < -0.3 is 14.9 Å². The molecule has 0 bridgehead atoms. The van der Waals surface area contributed by atoms with Crippen molar-refractivity contribution in [1.82, 2.24) is 4.98 Å². The molecule has 0 aliphatic rings. The number of aliphatic hydroxyl groups is 2. The van der Waals surface area contributed by atoms with Crippen LogP contribution in [0.3, 0.4) is 0 Å². The molecule has 1 rings (SSSR count). The fourth-order valence-corrected chi connectivity index (χ4v) is 0.739. The van der Waals surface area contributed by atoms with Crippen LogP contribution in [0.2, 0.25) is 0 Å². The Kier molecular flexibility index (Phi) is 5.84. The third kappa shape index (κ3) is 5.51. The summed E-state index contributed by atoms with van der Waals surface area (Å²) in [6.45, 7) is 8.19. The van der Waals surface area contributed by atoms with Crippen LogP contribution in [0.4, 0.5) is 0 Å². The first-order chi connectivity index (χ1) is 7.99. The highest BCUT2D eigenvalue weighted by atomic mass is 16.5. The van der Waals surface area contributed by atoms with Gasteiger partial charge in [-0.1, -0.05) is 5.46 Å². The van der Waals surface area contributed by atoms with Gasteiger partial charge in [-0.15, -0.1) is 0 Å². The van der Waals surface area contributed by atoms with E-state index in [9.17, 15) is 0 Å². The van der Waals surface area contributed by atoms with Crippen LogP contribution in [0.15, 0.2) is 12.3 Å². The van der Waals surface area contributed by atoms with Crippen LogP contribution in [-0.2, 0) is 0 Å². The van der Waals surface area contributed by atoms with Crippen LogP contribution < -0.4 is 10.2 Å². The van der Waals surface area contributed by atoms with Gasteiger partial charge in [0, 0.05) is 5.69 Å². The monoisotopic (exact) mass is 251 g/mol. The molecule has 5 heteroatoms. The Morgan fingerprint density at radius 1 is 1.17 bits per heavy atom. The number of aryl methyl sites for hydroxylation is 1. The summed E-state index contributed by atoms with van der Waals surface area (Å²) in [6, 6.07) is 1.78. The number of pyridine rings is 1. The Hall–Kier alpha value is -1.07. The summed E-state index contributed by atoms with van der Waals surface area (Å²) in [5.74, 6) is 0.630. The summed E-state index contributed by atoms with van der Waals surface area (Å²) in [5.41, 5.74) is -0.478. The van der Waals surface area contributed by atoms with Crippen LogP contribution in [-0.4, -0.2) is 41.4 Å². The van der Waals surface area contributed by atoms with E-state index < -0.39 is 11.2 Å². The second kappa shape index (κ2) is 6.20. The molecule has 0 spiro atoms. The standard InChI is InChI=1S/C7H8BNO.C6H14O2/c1-5-3-6(8)7(10-2)4-9-5;1-5(2,7)6(3,4)8/h3-4H,1-2H3;7-8H,1-4H3. The van der Waals surface area contributed by atoms with Crippen LogP contribution >= 0.6 is 0 Å². The molecule has 0 fully saturated rings. The van der Waals surface area contributed by atoms with E-state index in [1.54, 1.807) is 47.1 Å². The second-order valence-electron chi connectivity index (χ2n) is 5.19. The van der Waals surface area contributed by atoms with Crippen LogP contribution in [0.25, 0.3) is 0 Å². The van der Waals surface area contributed by atoms with Gasteiger partial charge in [0.05, 0.1) is 24.5 Å². The van der Waals surface area contributed by atoms with Gasteiger partial charge in [0.1, 0.15) is 13.6 Å². The fourth-order valence-electron chi connectivity index (χ4n) is 0.739. The van der Waals surface area contributed by atoms with Crippen LogP contribution in [0, 0.1) is 6.92 Å². The number of hydrogen-bond acceptors (Lipinski definition) is 4. The van der Waals surface area contributed by atoms with E-state index in [-0.39, 0.29) is 0 Å². The van der Waals surface area contributed by atoms with Crippen molar-refractivity contribution in [3.8, 4) is 5.75 Å². The molecule has 100 valence electrons. The molecule has 1 aromatic rings. The zero-order valence-electron chi connectivity index (χ0n) is 12.0. The highest BCUT2D eigenvalue weighted by molar-refractivity contribution is 6.34. The summed E-state index contributed by atoms with van der Waals surface area (Å²) in [5, 5.41) is 18.2. The minimum absolute atomic E-state index is 0.630. The quantitative estimate of drug-likeness (QED) is 0.760. The summed E-state index contributed by atoms with van der Waals surface area (Å²) in [7, 11) is 7.14. The Bertz CT molecular complexity index is 369. The van der Waals surface area contributed by atoms with Gasteiger partial charge in [0.25, 0.3) is 0 Å². The maximum Gasteiger partial charge on any atom is 0.130 e. The molecule has 0 saturated heterocycles. The number of aromatic nitrogens is 1. The molecular weight excluding hydrogens is 229 g/mol. The number of methoxy groups -OCH3 is 1. The summed E-state index contributed by atoms with van der Waals surface area (Å²) in [4.78, 5) is 4.01. The molecule has 0 aromatic carbocycles. The SMILES string of the molecule is CC(C)(O)C(C)(C)O.[B]c1cc(C)ncc1OC. The molecule has 18 heavy (non-hydrogen) atoms. The Morgan fingerprint density at radius 2 is 1.61 bits per heavy atom. The van der Waals surface area contributed by atoms with Gasteiger partial charge in [-0.3, -0.25) is 4.98 Å². The molecule has 1 heterocycles. The van der Waals surface area contributed by atoms with Crippen molar-refractivity contribution in [2.75, 3.05) is 7.11 Å². The Labute approximate surface area is 110 Å². The topological polar surface area (TPSA) is 62.6 Å². The van der Waals surface area contributed by atoms with Gasteiger partial charge in [0.2, 0.25) is 0 Å². The largest absolute Gasteiger partial charge is 0.496 e. The molecule has 2 N–H and O–H groups in total. The predicted octanol–water partition coefficient (Wildman–Crippen LogP) is 0.721. The van der Waals surface area contributed by atoms with Crippen molar-refractivity contribution in [3.05, 3.63) is 18.0 Å². The van der Waals surface area contributed by atoms with Gasteiger partial charge in [-0.25, -0.2) is 0 Å². The lowest BCUT2D eigenvalue weighted by molar-refractivity contribution is -0.107. The van der Waals surface area contributed by atoms with E-state index in [0.29, 0.717) is 11.2 Å². The molecule has 0 atom stereocenters. The maximum atomic E-state index is 9.10. The van der Waals surface area contributed by atoms with Gasteiger partial charge in [0.15, 0.2) is 0 Å². The lowest BCUT2D eigenvalue weighted by Crippen LogP contribution is -2.44. The normalized spacial score (nSPS) is 11.6. The Balaban J connectivity index is 0.000000331. The first-order valence-corrected chi connectivity index (χ1v) is 5.70. The van der Waals surface area contributed by atoms with Crippen molar-refractivity contribution < 1.29 is 14.9 Å². The number of hydrogen-bond donors (Lipinski definition) is 2. The minimum atomic E-state index is -1.01. The van der Waals surface area contributed by atoms with Gasteiger partial charge >= 0.3 is 0 Å². The Morgan fingerprint density at radius 3 is 1.89 bits per heavy atom. The molecule has 2 radical (unpaired) electrons. The van der Waals surface area contributed by atoms with Crippen molar-refractivity contribution in [2.45, 2.75) is 45.8 Å². The van der Waals surface area contributed by atoms with E-state index >= 15 is 0 Å². The molecule has 0 aliphatic heterocycles. The van der Waals surface area contributed by atoms with E-state index in [4.69, 9.17) is 22.8 Å². The minimum Gasteiger partial charge on any atom is -0.496 e. The first kappa shape index (κ1) is 16.9. The highest BCUT2D eigenvalue weighted by Crippen LogP contribution is 2.19. The number of rotatable bonds is 2. The smallest absolute Gasteiger partial charge is 0.130 e. The van der Waals surface area contributed by atoms with Crippen molar-refractivity contribution in [3.63, 3.8) is 0 Å². The van der Waals surface area contributed by atoms with E-state index in [0.717, 1.165) is 5.69 Å². The third-order valence-electron chi connectivity index (χ3n) is 2.75. The lowest BCUT2D eigenvalue weighted by atomic mass is 9.90. The fraction of sp³-hybridized carbons (Fsp3) is 0.615. The molecule has 0 aliphatic carbocycles. The van der Waals surface area contributed by atoms with Crippen molar-refractivity contribution in [1.29, 1.82) is 0 Å². The second-order valence-corrected chi connectivity index (χ2v) is 5.19. The van der Waals surface area contributed by atoms with E-state index in [1.807, 2.05) is 6.92 Å². The maximum absolute atomic E-state index is 9.10. The van der Waals surface area contributed by atoms with E-state index in [1.165, 1.54) is 0 Å². The molecule has 0 amide bonds. The molecule has 0 saturated carbocycles. The average molecular weight is 251 g/mol. The zero-order valence-corrected chi connectivity index (χ0v) is 12.0. The average Bonchev–Trinajstić information content (AvgIpc) is 2.15. The molecular formula is C13H22BNO3. The predicted molar refractivity (Wildman–Crippen MR) is 73.5 cm³/mol. The van der Waals surface area contributed by atoms with Gasteiger partial charge in [-0.05, 0) is 40.7 Å². The highest BCUT2D eigenvalue weighted by Gasteiger charge is 2.31. The zero-order chi connectivity index (χ0) is 14.6. The van der Waals surface area contributed by atoms with Crippen LogP contribution in [0.5, 0.6) is 5.75 Å². The van der Waals surface area contributed by atoms with Crippen molar-refractivity contribution in [2.24, 2.45) is 0 Å². The first-order valence-electron chi connectivity index (χ1n) is 5.70. The third-order valence-corrected chi connectivity index (χ3v) is 2.75. The summed E-state index contributed by atoms with van der Waals surface area (Å²) in [6.07, 6.45) is 1.62. The summed E-state index contributed by atoms with van der Waals surface area (Å²) < 4.78 is 4.91. The van der Waals surface area contributed by atoms with Crippen LogP contribution in [0.1, 0.15) is 33.4 Å². The molecule has 4 nitrogen and oxygen atoms in total. The molecule has 0 unspecified atom stereocenters. The van der Waals surface area contributed by atoms with E-state index in [2.05, 4.69) is 4.98 Å². The van der Waals surface area contributed by atoms with Crippen molar-refractivity contribution >= 4 is 13.3 Å².